The van der Waals surface area contributed by atoms with Crippen molar-refractivity contribution in [3.05, 3.63) is 40.6 Å². The van der Waals surface area contributed by atoms with Gasteiger partial charge in [0.1, 0.15) is 5.75 Å². The minimum atomic E-state index is -0.105. The molecule has 0 saturated carbocycles. The first-order chi connectivity index (χ1) is 14.0. The third-order valence-electron chi connectivity index (χ3n) is 4.27. The zero-order chi connectivity index (χ0) is 20.8. The number of carbonyl (C=O) groups is 1. The summed E-state index contributed by atoms with van der Waals surface area (Å²) in [7, 11) is 0. The second kappa shape index (κ2) is 9.93. The van der Waals surface area contributed by atoms with Crippen LogP contribution in [0.1, 0.15) is 38.5 Å². The molecule has 1 amide bonds. The minimum absolute atomic E-state index is 0.105. The van der Waals surface area contributed by atoms with Gasteiger partial charge in [0.05, 0.1) is 18.0 Å². The van der Waals surface area contributed by atoms with Crippen LogP contribution < -0.4 is 10.1 Å². The normalized spacial score (nSPS) is 11.1. The molecular formula is C21H26N4O2S2. The van der Waals surface area contributed by atoms with Gasteiger partial charge in [0.2, 0.25) is 5.91 Å². The van der Waals surface area contributed by atoms with E-state index in [4.69, 9.17) is 4.74 Å². The van der Waals surface area contributed by atoms with E-state index < -0.39 is 0 Å². The van der Waals surface area contributed by atoms with Gasteiger partial charge in [-0.05, 0) is 38.0 Å². The van der Waals surface area contributed by atoms with Crippen LogP contribution in [0.25, 0.3) is 11.4 Å². The highest BCUT2D eigenvalue weighted by atomic mass is 32.2. The molecule has 0 atom stereocenters. The van der Waals surface area contributed by atoms with Gasteiger partial charge in [0, 0.05) is 22.4 Å². The van der Waals surface area contributed by atoms with Crippen LogP contribution in [0.15, 0.2) is 40.9 Å². The molecular weight excluding hydrogens is 404 g/mol. The van der Waals surface area contributed by atoms with Gasteiger partial charge in [-0.15, -0.1) is 21.5 Å². The number of nitrogens with zero attached hydrogens (tertiary/aromatic N) is 3. The van der Waals surface area contributed by atoms with Crippen molar-refractivity contribution in [3.8, 4) is 17.1 Å². The molecule has 1 aromatic carbocycles. The van der Waals surface area contributed by atoms with Crippen molar-refractivity contribution in [2.24, 2.45) is 0 Å². The van der Waals surface area contributed by atoms with Crippen LogP contribution >= 0.6 is 23.1 Å². The lowest BCUT2D eigenvalue weighted by Gasteiger charge is -2.11. The summed E-state index contributed by atoms with van der Waals surface area (Å²) in [4.78, 5) is 13.8. The molecule has 0 fully saturated rings. The molecule has 0 spiro atoms. The van der Waals surface area contributed by atoms with Crippen molar-refractivity contribution in [1.29, 1.82) is 0 Å². The first-order valence-corrected chi connectivity index (χ1v) is 11.6. The molecule has 0 saturated heterocycles. The van der Waals surface area contributed by atoms with Gasteiger partial charge in [0.25, 0.3) is 0 Å². The van der Waals surface area contributed by atoms with Gasteiger partial charge in [-0.1, -0.05) is 37.7 Å². The summed E-state index contributed by atoms with van der Waals surface area (Å²) in [5, 5.41) is 14.5. The van der Waals surface area contributed by atoms with Gasteiger partial charge in [-0.25, -0.2) is 0 Å². The van der Waals surface area contributed by atoms with E-state index >= 15 is 0 Å². The van der Waals surface area contributed by atoms with Crippen molar-refractivity contribution in [3.63, 3.8) is 0 Å². The van der Waals surface area contributed by atoms with E-state index in [1.54, 1.807) is 11.3 Å². The lowest BCUT2D eigenvalue weighted by molar-refractivity contribution is -0.113. The molecule has 29 heavy (non-hydrogen) atoms. The molecule has 0 radical (unpaired) electrons. The highest BCUT2D eigenvalue weighted by molar-refractivity contribution is 7.99. The fourth-order valence-corrected chi connectivity index (χ4v) is 4.54. The highest BCUT2D eigenvalue weighted by Crippen LogP contribution is 2.31. The number of amides is 1. The summed E-state index contributed by atoms with van der Waals surface area (Å²) in [6.45, 7) is 9.64. The molecule has 1 N–H and O–H groups in total. The van der Waals surface area contributed by atoms with Crippen LogP contribution in [0.5, 0.6) is 5.75 Å². The molecule has 6 nitrogen and oxygen atoms in total. The summed E-state index contributed by atoms with van der Waals surface area (Å²) >= 11 is 3.13. The van der Waals surface area contributed by atoms with E-state index in [0.717, 1.165) is 23.1 Å². The van der Waals surface area contributed by atoms with Gasteiger partial charge in [-0.3, -0.25) is 4.79 Å². The van der Waals surface area contributed by atoms with Crippen molar-refractivity contribution in [2.45, 2.75) is 45.3 Å². The maximum Gasteiger partial charge on any atom is 0.234 e. The molecule has 3 rings (SSSR count). The Bertz CT molecular complexity index is 965. The number of hydrogen-bond acceptors (Lipinski definition) is 6. The highest BCUT2D eigenvalue weighted by Gasteiger charge is 2.17. The zero-order valence-corrected chi connectivity index (χ0v) is 18.8. The van der Waals surface area contributed by atoms with Crippen molar-refractivity contribution in [2.75, 3.05) is 17.7 Å². The molecule has 0 unspecified atom stereocenters. The molecule has 0 aliphatic heterocycles. The summed E-state index contributed by atoms with van der Waals surface area (Å²) in [6, 6.07) is 9.62. The minimum Gasteiger partial charge on any atom is -0.492 e. The smallest absolute Gasteiger partial charge is 0.234 e. The number of para-hydroxylation sites is 2. The number of rotatable bonds is 9. The van der Waals surface area contributed by atoms with Crippen molar-refractivity contribution in [1.82, 2.24) is 14.8 Å². The standard InChI is InChI=1S/C21H26N4O2S2/c1-5-25-20(15-11-18(14(3)4)28-12-15)23-24-21(25)29-13-19(26)22-16-9-7-8-10-17(16)27-6-2/h7-12,14H,5-6,13H2,1-4H3,(H,22,26). The molecule has 2 aromatic heterocycles. The molecule has 0 bridgehead atoms. The number of ether oxygens (including phenoxy) is 1. The maximum atomic E-state index is 12.5. The molecule has 154 valence electrons. The second-order valence-electron chi connectivity index (χ2n) is 6.71. The molecule has 8 heteroatoms. The van der Waals surface area contributed by atoms with Gasteiger partial charge < -0.3 is 14.6 Å². The van der Waals surface area contributed by atoms with Gasteiger partial charge in [0.15, 0.2) is 11.0 Å². The first-order valence-electron chi connectivity index (χ1n) is 9.69. The van der Waals surface area contributed by atoms with Crippen LogP contribution in [0.4, 0.5) is 5.69 Å². The Hall–Kier alpha value is -2.32. The number of carbonyl (C=O) groups excluding carboxylic acids is 1. The average molecular weight is 431 g/mol. The molecule has 0 aliphatic carbocycles. The van der Waals surface area contributed by atoms with E-state index in [1.807, 2.05) is 31.2 Å². The number of thiophene rings is 1. The van der Waals surface area contributed by atoms with Crippen molar-refractivity contribution >= 4 is 34.7 Å². The van der Waals surface area contributed by atoms with Crippen LogP contribution in [-0.4, -0.2) is 33.0 Å². The second-order valence-corrected chi connectivity index (χ2v) is 8.59. The maximum absolute atomic E-state index is 12.5. The number of hydrogen-bond donors (Lipinski definition) is 1. The first kappa shape index (κ1) is 21.4. The third kappa shape index (κ3) is 5.19. The summed E-state index contributed by atoms with van der Waals surface area (Å²) < 4.78 is 7.62. The van der Waals surface area contributed by atoms with Gasteiger partial charge >= 0.3 is 0 Å². The predicted molar refractivity (Wildman–Crippen MR) is 120 cm³/mol. The Morgan fingerprint density at radius 1 is 1.28 bits per heavy atom. The fourth-order valence-electron chi connectivity index (χ4n) is 2.83. The van der Waals surface area contributed by atoms with E-state index in [2.05, 4.69) is 52.3 Å². The van der Waals surface area contributed by atoms with E-state index in [0.29, 0.717) is 24.0 Å². The number of nitrogens with one attached hydrogen (secondary N) is 1. The van der Waals surface area contributed by atoms with Crippen LogP contribution in [0.2, 0.25) is 0 Å². The summed E-state index contributed by atoms with van der Waals surface area (Å²) in [6.07, 6.45) is 0. The van der Waals surface area contributed by atoms with E-state index in [1.165, 1.54) is 16.6 Å². The monoisotopic (exact) mass is 430 g/mol. The summed E-state index contributed by atoms with van der Waals surface area (Å²) in [5.74, 6) is 2.15. The Labute approximate surface area is 179 Å². The largest absolute Gasteiger partial charge is 0.492 e. The van der Waals surface area contributed by atoms with Gasteiger partial charge in [-0.2, -0.15) is 0 Å². The van der Waals surface area contributed by atoms with Crippen LogP contribution in [0, 0.1) is 0 Å². The number of anilines is 1. The zero-order valence-electron chi connectivity index (χ0n) is 17.1. The van der Waals surface area contributed by atoms with Crippen LogP contribution in [-0.2, 0) is 11.3 Å². The molecule has 3 aromatic rings. The van der Waals surface area contributed by atoms with Crippen molar-refractivity contribution < 1.29 is 9.53 Å². The van der Waals surface area contributed by atoms with E-state index in [-0.39, 0.29) is 11.7 Å². The SMILES string of the molecule is CCOc1ccccc1NC(=O)CSc1nnc(-c2csc(C(C)C)c2)n1CC. The number of aromatic nitrogens is 3. The van der Waals surface area contributed by atoms with Crippen LogP contribution in [0.3, 0.4) is 0 Å². The quantitative estimate of drug-likeness (QED) is 0.468. The third-order valence-corrected chi connectivity index (χ3v) is 6.47. The predicted octanol–water partition coefficient (Wildman–Crippen LogP) is 5.28. The van der Waals surface area contributed by atoms with E-state index in [9.17, 15) is 4.79 Å². The number of thioether (sulfide) groups is 1. The lowest BCUT2D eigenvalue weighted by Crippen LogP contribution is -2.15. The average Bonchev–Trinajstić information content (AvgIpc) is 3.34. The lowest BCUT2D eigenvalue weighted by atomic mass is 10.1. The molecule has 0 aliphatic rings. The number of benzene rings is 1. The molecule has 2 heterocycles. The Morgan fingerprint density at radius 3 is 2.76 bits per heavy atom. The summed E-state index contributed by atoms with van der Waals surface area (Å²) in [5.41, 5.74) is 1.76. The Balaban J connectivity index is 1.68. The Kier molecular flexibility index (Phi) is 7.33. The topological polar surface area (TPSA) is 69.0 Å². The fraction of sp³-hybridized carbons (Fsp3) is 0.381. The Morgan fingerprint density at radius 2 is 2.07 bits per heavy atom.